The molecule has 2 aromatic rings. The molecule has 0 radical (unpaired) electrons. The van der Waals surface area contributed by atoms with E-state index in [1.807, 2.05) is 46.8 Å². The number of piperidine rings is 1. The fraction of sp³-hybridized carbons (Fsp3) is 0.444. The highest BCUT2D eigenvalue weighted by molar-refractivity contribution is 7.09. The highest BCUT2D eigenvalue weighted by Gasteiger charge is 2.29. The van der Waals surface area contributed by atoms with Gasteiger partial charge in [0.1, 0.15) is 5.01 Å². The summed E-state index contributed by atoms with van der Waals surface area (Å²) in [6, 6.07) is 10.2. The van der Waals surface area contributed by atoms with Gasteiger partial charge in [0, 0.05) is 18.1 Å². The van der Waals surface area contributed by atoms with Gasteiger partial charge in [0.2, 0.25) is 5.91 Å². The molecule has 2 heterocycles. The third-order valence-electron chi connectivity index (χ3n) is 4.13. The molecule has 1 aliphatic heterocycles. The van der Waals surface area contributed by atoms with Gasteiger partial charge < -0.3 is 9.64 Å². The van der Waals surface area contributed by atoms with Crippen molar-refractivity contribution in [2.24, 2.45) is 0 Å². The Morgan fingerprint density at radius 2 is 2.17 bits per heavy atom. The molecular weight excluding hydrogens is 308 g/mol. The van der Waals surface area contributed by atoms with Crippen LogP contribution < -0.4 is 0 Å². The molecule has 1 aromatic heterocycles. The monoisotopic (exact) mass is 330 g/mol. The molecule has 0 spiro atoms. The molecule has 0 aliphatic carbocycles. The van der Waals surface area contributed by atoms with Gasteiger partial charge in [-0.05, 0) is 24.8 Å². The second kappa shape index (κ2) is 8.22. The Balaban J connectivity index is 1.48. The van der Waals surface area contributed by atoms with E-state index in [0.717, 1.165) is 30.0 Å². The van der Waals surface area contributed by atoms with E-state index < -0.39 is 0 Å². The van der Waals surface area contributed by atoms with Gasteiger partial charge in [0.05, 0.1) is 25.7 Å². The van der Waals surface area contributed by atoms with E-state index in [4.69, 9.17) is 4.74 Å². The van der Waals surface area contributed by atoms with E-state index in [1.54, 1.807) is 11.3 Å². The minimum Gasteiger partial charge on any atom is -0.376 e. The van der Waals surface area contributed by atoms with Crippen molar-refractivity contribution in [3.05, 3.63) is 52.5 Å². The fourth-order valence-electron chi connectivity index (χ4n) is 2.95. The number of aromatic nitrogens is 1. The summed E-state index contributed by atoms with van der Waals surface area (Å²) in [5.74, 6) is 0.179. The Bertz CT molecular complexity index is 601. The normalized spacial score (nSPS) is 18.1. The number of rotatable bonds is 6. The highest BCUT2D eigenvalue weighted by atomic mass is 32.1. The number of hydrogen-bond donors (Lipinski definition) is 0. The van der Waals surface area contributed by atoms with Crippen LogP contribution in [-0.4, -0.2) is 28.9 Å². The number of benzene rings is 1. The zero-order valence-electron chi connectivity index (χ0n) is 13.2. The van der Waals surface area contributed by atoms with Crippen LogP contribution in [0.3, 0.4) is 0 Å². The van der Waals surface area contributed by atoms with E-state index in [0.29, 0.717) is 19.6 Å². The first-order valence-electron chi connectivity index (χ1n) is 8.15. The first-order chi connectivity index (χ1) is 11.3. The zero-order valence-corrected chi connectivity index (χ0v) is 14.0. The number of ether oxygens (including phenoxy) is 1. The maximum atomic E-state index is 12.5. The molecule has 1 saturated heterocycles. The van der Waals surface area contributed by atoms with Crippen molar-refractivity contribution < 1.29 is 9.53 Å². The van der Waals surface area contributed by atoms with Crippen molar-refractivity contribution in [3.8, 4) is 0 Å². The predicted molar refractivity (Wildman–Crippen MR) is 91.1 cm³/mol. The lowest BCUT2D eigenvalue weighted by atomic mass is 10.0. The molecule has 1 aromatic carbocycles. The summed E-state index contributed by atoms with van der Waals surface area (Å²) in [6.45, 7) is 1.86. The molecule has 23 heavy (non-hydrogen) atoms. The van der Waals surface area contributed by atoms with Crippen LogP contribution in [0.1, 0.15) is 42.3 Å². The molecule has 1 fully saturated rings. The molecule has 0 saturated carbocycles. The topological polar surface area (TPSA) is 42.4 Å². The summed E-state index contributed by atoms with van der Waals surface area (Å²) in [5.41, 5.74) is 1.14. The molecule has 0 unspecified atom stereocenters. The molecule has 0 N–H and O–H groups in total. The zero-order chi connectivity index (χ0) is 15.9. The summed E-state index contributed by atoms with van der Waals surface area (Å²) in [7, 11) is 0. The van der Waals surface area contributed by atoms with Gasteiger partial charge in [0.25, 0.3) is 0 Å². The SMILES string of the molecule is O=C(CCOCc1ccccc1)N1CCCC[C@@H]1c1nccs1. The lowest BCUT2D eigenvalue weighted by molar-refractivity contribution is -0.136. The fourth-order valence-corrected chi connectivity index (χ4v) is 3.74. The second-order valence-corrected chi connectivity index (χ2v) is 6.68. The van der Waals surface area contributed by atoms with Gasteiger partial charge >= 0.3 is 0 Å². The van der Waals surface area contributed by atoms with Gasteiger partial charge in [0.15, 0.2) is 0 Å². The van der Waals surface area contributed by atoms with E-state index in [9.17, 15) is 4.79 Å². The van der Waals surface area contributed by atoms with Gasteiger partial charge in [-0.25, -0.2) is 4.98 Å². The Labute approximate surface area is 141 Å². The van der Waals surface area contributed by atoms with Gasteiger partial charge in [-0.15, -0.1) is 11.3 Å². The Kier molecular flexibility index (Phi) is 5.77. The first kappa shape index (κ1) is 16.1. The quantitative estimate of drug-likeness (QED) is 0.757. The second-order valence-electron chi connectivity index (χ2n) is 5.76. The lowest BCUT2D eigenvalue weighted by Crippen LogP contribution is -2.38. The van der Waals surface area contributed by atoms with Crippen LogP contribution in [0, 0.1) is 0 Å². The van der Waals surface area contributed by atoms with Crippen molar-refractivity contribution >= 4 is 17.2 Å². The van der Waals surface area contributed by atoms with Crippen molar-refractivity contribution in [3.63, 3.8) is 0 Å². The van der Waals surface area contributed by atoms with Crippen molar-refractivity contribution in [1.82, 2.24) is 9.88 Å². The smallest absolute Gasteiger partial charge is 0.225 e. The molecule has 1 amide bonds. The van der Waals surface area contributed by atoms with Crippen LogP contribution in [0.25, 0.3) is 0 Å². The van der Waals surface area contributed by atoms with Crippen LogP contribution in [0.5, 0.6) is 0 Å². The number of nitrogens with zero attached hydrogens (tertiary/aromatic N) is 2. The molecule has 3 rings (SSSR count). The molecule has 1 aliphatic rings. The summed E-state index contributed by atoms with van der Waals surface area (Å²) >= 11 is 1.64. The average Bonchev–Trinajstić information content (AvgIpc) is 3.14. The van der Waals surface area contributed by atoms with Crippen LogP contribution in [0.15, 0.2) is 41.9 Å². The summed E-state index contributed by atoms with van der Waals surface area (Å²) in [6.07, 6.45) is 5.52. The lowest BCUT2D eigenvalue weighted by Gasteiger charge is -2.34. The van der Waals surface area contributed by atoms with Crippen LogP contribution >= 0.6 is 11.3 Å². The number of likely N-dealkylation sites (tertiary alicyclic amines) is 1. The van der Waals surface area contributed by atoms with E-state index >= 15 is 0 Å². The van der Waals surface area contributed by atoms with E-state index in [2.05, 4.69) is 4.98 Å². The number of carbonyl (C=O) groups is 1. The highest BCUT2D eigenvalue weighted by Crippen LogP contribution is 2.32. The number of thiazole rings is 1. The molecule has 4 nitrogen and oxygen atoms in total. The van der Waals surface area contributed by atoms with E-state index in [-0.39, 0.29) is 11.9 Å². The third kappa shape index (κ3) is 4.39. The average molecular weight is 330 g/mol. The summed E-state index contributed by atoms with van der Waals surface area (Å²) < 4.78 is 5.65. The molecule has 5 heteroatoms. The minimum atomic E-state index is 0.158. The van der Waals surface area contributed by atoms with Crippen LogP contribution in [0.4, 0.5) is 0 Å². The molecule has 122 valence electrons. The van der Waals surface area contributed by atoms with Crippen LogP contribution in [-0.2, 0) is 16.1 Å². The van der Waals surface area contributed by atoms with E-state index in [1.165, 1.54) is 6.42 Å². The standard InChI is InChI=1S/C18H22N2O2S/c21-17(9-12-22-14-15-6-2-1-3-7-15)20-11-5-4-8-16(20)18-19-10-13-23-18/h1-3,6-7,10,13,16H,4-5,8-9,11-12,14H2/t16-/m1/s1. The minimum absolute atomic E-state index is 0.158. The molecule has 0 bridgehead atoms. The first-order valence-corrected chi connectivity index (χ1v) is 9.03. The third-order valence-corrected chi connectivity index (χ3v) is 5.01. The summed E-state index contributed by atoms with van der Waals surface area (Å²) in [5, 5.41) is 3.04. The largest absolute Gasteiger partial charge is 0.376 e. The maximum Gasteiger partial charge on any atom is 0.225 e. The van der Waals surface area contributed by atoms with Gasteiger partial charge in [-0.1, -0.05) is 30.3 Å². The van der Waals surface area contributed by atoms with Gasteiger partial charge in [-0.3, -0.25) is 4.79 Å². The van der Waals surface area contributed by atoms with Crippen molar-refractivity contribution in [1.29, 1.82) is 0 Å². The maximum absolute atomic E-state index is 12.5. The van der Waals surface area contributed by atoms with Crippen molar-refractivity contribution in [2.75, 3.05) is 13.2 Å². The number of carbonyl (C=O) groups excluding carboxylic acids is 1. The Morgan fingerprint density at radius 3 is 2.96 bits per heavy atom. The van der Waals surface area contributed by atoms with Gasteiger partial charge in [-0.2, -0.15) is 0 Å². The number of amides is 1. The molecule has 1 atom stereocenters. The number of hydrogen-bond acceptors (Lipinski definition) is 4. The van der Waals surface area contributed by atoms with Crippen molar-refractivity contribution in [2.45, 2.75) is 38.3 Å². The Morgan fingerprint density at radius 1 is 1.30 bits per heavy atom. The molecular formula is C18H22N2O2S. The van der Waals surface area contributed by atoms with Crippen LogP contribution in [0.2, 0.25) is 0 Å². The Hall–Kier alpha value is -1.72. The summed E-state index contributed by atoms with van der Waals surface area (Å²) in [4.78, 5) is 18.9. The predicted octanol–water partition coefficient (Wildman–Crippen LogP) is 3.80.